The van der Waals surface area contributed by atoms with E-state index < -0.39 is 9.84 Å². The summed E-state index contributed by atoms with van der Waals surface area (Å²) in [4.78, 5) is 8.37. The summed E-state index contributed by atoms with van der Waals surface area (Å²) in [7, 11) is -3.50. The number of aromatic nitrogens is 2. The van der Waals surface area contributed by atoms with Crippen LogP contribution < -0.4 is 0 Å². The van der Waals surface area contributed by atoms with E-state index in [2.05, 4.69) is 36.8 Å². The van der Waals surface area contributed by atoms with E-state index in [1.807, 2.05) is 18.2 Å². The van der Waals surface area contributed by atoms with Gasteiger partial charge in [0.2, 0.25) is 15.0 Å². The highest BCUT2D eigenvalue weighted by molar-refractivity contribution is 7.90. The number of rotatable bonds is 5. The number of aliphatic hydroxyl groups excluding tert-OH is 1. The summed E-state index contributed by atoms with van der Waals surface area (Å²) in [5.74, 6) is 0. The largest absolute Gasteiger partial charge is 0.396 e. The van der Waals surface area contributed by atoms with Crippen molar-refractivity contribution in [2.45, 2.75) is 44.2 Å². The summed E-state index contributed by atoms with van der Waals surface area (Å²) < 4.78 is 23.8. The lowest BCUT2D eigenvalue weighted by atomic mass is 9.86. The fourth-order valence-electron chi connectivity index (χ4n) is 2.32. The zero-order chi connectivity index (χ0) is 18.0. The number of benzene rings is 1. The van der Waals surface area contributed by atoms with Crippen LogP contribution in [0.4, 0.5) is 0 Å². The van der Waals surface area contributed by atoms with Gasteiger partial charge in [-0.05, 0) is 36.0 Å². The predicted octanol–water partition coefficient (Wildman–Crippen LogP) is 2.77. The van der Waals surface area contributed by atoms with Crippen LogP contribution in [0.3, 0.4) is 0 Å². The topological polar surface area (TPSA) is 80.2 Å². The standard InChI is InChI=1S/C18H24N2O3S/c1-18(2,3)14-8-5-7-13(11-14)16-12-15(9-6-10-21)19-17(20-16)24(4,22)23/h5,7-8,11-12,21H,6,9-10H2,1-4H3. The molecule has 0 fully saturated rings. The molecule has 0 saturated carbocycles. The summed E-state index contributed by atoms with van der Waals surface area (Å²) in [6.45, 7) is 6.41. The van der Waals surface area contributed by atoms with E-state index >= 15 is 0 Å². The van der Waals surface area contributed by atoms with E-state index in [1.54, 1.807) is 6.07 Å². The highest BCUT2D eigenvalue weighted by Crippen LogP contribution is 2.27. The van der Waals surface area contributed by atoms with Crippen LogP contribution in [-0.2, 0) is 21.7 Å². The Hall–Kier alpha value is -1.79. The van der Waals surface area contributed by atoms with Crippen LogP contribution in [0, 0.1) is 0 Å². The number of hydrogen-bond acceptors (Lipinski definition) is 5. The lowest BCUT2D eigenvalue weighted by molar-refractivity contribution is 0.288. The molecule has 0 amide bonds. The molecule has 1 heterocycles. The van der Waals surface area contributed by atoms with Gasteiger partial charge in [-0.25, -0.2) is 18.4 Å². The molecule has 5 nitrogen and oxygen atoms in total. The van der Waals surface area contributed by atoms with Crippen LogP contribution in [0.2, 0.25) is 0 Å². The van der Waals surface area contributed by atoms with Crippen LogP contribution >= 0.6 is 0 Å². The predicted molar refractivity (Wildman–Crippen MR) is 94.7 cm³/mol. The number of aliphatic hydroxyl groups is 1. The van der Waals surface area contributed by atoms with E-state index in [0.717, 1.165) is 17.4 Å². The molecule has 0 bridgehead atoms. The first kappa shape index (κ1) is 18.5. The first-order valence-corrected chi connectivity index (χ1v) is 9.80. The quantitative estimate of drug-likeness (QED) is 0.841. The van der Waals surface area contributed by atoms with Crippen molar-refractivity contribution >= 4 is 9.84 Å². The number of sulfone groups is 1. The maximum atomic E-state index is 11.9. The van der Waals surface area contributed by atoms with Gasteiger partial charge in [-0.3, -0.25) is 0 Å². The van der Waals surface area contributed by atoms with Crippen LogP contribution in [0.15, 0.2) is 35.5 Å². The molecule has 24 heavy (non-hydrogen) atoms. The zero-order valence-electron chi connectivity index (χ0n) is 14.6. The lowest BCUT2D eigenvalue weighted by Gasteiger charge is -2.19. The van der Waals surface area contributed by atoms with E-state index in [1.165, 1.54) is 0 Å². The Morgan fingerprint density at radius 1 is 1.12 bits per heavy atom. The summed E-state index contributed by atoms with van der Waals surface area (Å²) in [6, 6.07) is 9.75. The smallest absolute Gasteiger partial charge is 0.247 e. The number of aryl methyl sites for hydroxylation is 1. The van der Waals surface area contributed by atoms with Gasteiger partial charge < -0.3 is 5.11 Å². The molecule has 1 aromatic heterocycles. The SMILES string of the molecule is CC(C)(C)c1cccc(-c2cc(CCCO)nc(S(C)(=O)=O)n2)c1. The van der Waals surface area contributed by atoms with Gasteiger partial charge in [0.05, 0.1) is 5.69 Å². The highest BCUT2D eigenvalue weighted by atomic mass is 32.2. The Morgan fingerprint density at radius 2 is 1.83 bits per heavy atom. The second-order valence-corrected chi connectivity index (χ2v) is 8.87. The molecule has 1 aromatic carbocycles. The fourth-order valence-corrected chi connectivity index (χ4v) is 2.87. The van der Waals surface area contributed by atoms with Crippen LogP contribution in [-0.4, -0.2) is 36.4 Å². The molecule has 6 heteroatoms. The Labute approximate surface area is 143 Å². The van der Waals surface area contributed by atoms with Crippen molar-refractivity contribution in [3.8, 4) is 11.3 Å². The average Bonchev–Trinajstić information content (AvgIpc) is 2.51. The molecule has 1 N–H and O–H groups in total. The molecule has 0 radical (unpaired) electrons. The molecule has 0 spiro atoms. The van der Waals surface area contributed by atoms with Crippen LogP contribution in [0.1, 0.15) is 38.4 Å². The number of nitrogens with zero attached hydrogens (tertiary/aromatic N) is 2. The lowest BCUT2D eigenvalue weighted by Crippen LogP contribution is -2.11. The molecule has 130 valence electrons. The van der Waals surface area contributed by atoms with Crippen LogP contribution in [0.25, 0.3) is 11.3 Å². The minimum Gasteiger partial charge on any atom is -0.396 e. The fraction of sp³-hybridized carbons (Fsp3) is 0.444. The second-order valence-electron chi connectivity index (χ2n) is 6.96. The summed E-state index contributed by atoms with van der Waals surface area (Å²) in [6.07, 6.45) is 2.14. The normalized spacial score (nSPS) is 12.4. The monoisotopic (exact) mass is 348 g/mol. The molecule has 0 aliphatic carbocycles. The molecule has 0 saturated heterocycles. The van der Waals surface area contributed by atoms with E-state index in [9.17, 15) is 8.42 Å². The molecule has 0 aliphatic heterocycles. The molecular formula is C18H24N2O3S. The third kappa shape index (κ3) is 4.61. The molecule has 2 aromatic rings. The Balaban J connectivity index is 2.57. The average molecular weight is 348 g/mol. The van der Waals surface area contributed by atoms with Crippen molar-refractivity contribution in [2.24, 2.45) is 0 Å². The minimum absolute atomic E-state index is 0.0115. The third-order valence-electron chi connectivity index (χ3n) is 3.71. The van der Waals surface area contributed by atoms with Crippen molar-refractivity contribution in [3.05, 3.63) is 41.6 Å². The maximum absolute atomic E-state index is 11.9. The van der Waals surface area contributed by atoms with Gasteiger partial charge in [-0.15, -0.1) is 0 Å². The van der Waals surface area contributed by atoms with Crippen molar-refractivity contribution in [2.75, 3.05) is 12.9 Å². The van der Waals surface area contributed by atoms with Crippen LogP contribution in [0.5, 0.6) is 0 Å². The van der Waals surface area contributed by atoms with Crippen molar-refractivity contribution in [1.82, 2.24) is 9.97 Å². The van der Waals surface area contributed by atoms with E-state index in [0.29, 0.717) is 24.2 Å². The van der Waals surface area contributed by atoms with Gasteiger partial charge in [0.15, 0.2) is 0 Å². The molecule has 0 unspecified atom stereocenters. The number of hydrogen-bond donors (Lipinski definition) is 1. The molecular weight excluding hydrogens is 324 g/mol. The van der Waals surface area contributed by atoms with Crippen molar-refractivity contribution in [1.29, 1.82) is 0 Å². The molecule has 0 atom stereocenters. The minimum atomic E-state index is -3.50. The molecule has 0 aliphatic rings. The van der Waals surface area contributed by atoms with Gasteiger partial charge >= 0.3 is 0 Å². The van der Waals surface area contributed by atoms with Gasteiger partial charge in [0.25, 0.3) is 0 Å². The van der Waals surface area contributed by atoms with Gasteiger partial charge in [0, 0.05) is 24.1 Å². The van der Waals surface area contributed by atoms with Crippen molar-refractivity contribution < 1.29 is 13.5 Å². The Bertz CT molecular complexity index is 824. The van der Waals surface area contributed by atoms with Crippen molar-refractivity contribution in [3.63, 3.8) is 0 Å². The zero-order valence-corrected chi connectivity index (χ0v) is 15.4. The summed E-state index contributed by atoms with van der Waals surface area (Å²) in [5, 5.41) is 8.84. The van der Waals surface area contributed by atoms with Gasteiger partial charge in [0.1, 0.15) is 0 Å². The maximum Gasteiger partial charge on any atom is 0.247 e. The summed E-state index contributed by atoms with van der Waals surface area (Å²) in [5.41, 5.74) is 3.21. The van der Waals surface area contributed by atoms with Gasteiger partial charge in [-0.1, -0.05) is 39.0 Å². The Morgan fingerprint density at radius 3 is 2.42 bits per heavy atom. The highest BCUT2D eigenvalue weighted by Gasteiger charge is 2.17. The van der Waals surface area contributed by atoms with Gasteiger partial charge in [-0.2, -0.15) is 0 Å². The Kier molecular flexibility index (Phi) is 5.40. The van der Waals surface area contributed by atoms with E-state index in [-0.39, 0.29) is 17.2 Å². The first-order chi connectivity index (χ1) is 11.1. The molecule has 2 rings (SSSR count). The third-order valence-corrected chi connectivity index (χ3v) is 4.55. The second kappa shape index (κ2) is 6.99. The summed E-state index contributed by atoms with van der Waals surface area (Å²) >= 11 is 0. The first-order valence-electron chi connectivity index (χ1n) is 7.91. The van der Waals surface area contributed by atoms with E-state index in [4.69, 9.17) is 5.11 Å².